The lowest BCUT2D eigenvalue weighted by atomic mass is 10.1. The molecule has 3 rings (SSSR count). The predicted molar refractivity (Wildman–Crippen MR) is 107 cm³/mol. The maximum absolute atomic E-state index is 12.8. The van der Waals surface area contributed by atoms with Gasteiger partial charge in [-0.3, -0.25) is 14.6 Å². The van der Waals surface area contributed by atoms with E-state index < -0.39 is 0 Å². The number of pyridine rings is 1. The van der Waals surface area contributed by atoms with Crippen molar-refractivity contribution >= 4 is 17.5 Å². The first kappa shape index (κ1) is 19.1. The van der Waals surface area contributed by atoms with Crippen LogP contribution in [0.15, 0.2) is 36.7 Å². The third kappa shape index (κ3) is 4.54. The molecule has 2 amide bonds. The summed E-state index contributed by atoms with van der Waals surface area (Å²) in [6.45, 7) is 5.59. The third-order valence-corrected chi connectivity index (χ3v) is 5.12. The molecule has 1 fully saturated rings. The Hall–Kier alpha value is -2.69. The Bertz CT molecular complexity index is 824. The van der Waals surface area contributed by atoms with Gasteiger partial charge in [-0.15, -0.1) is 0 Å². The van der Waals surface area contributed by atoms with Crippen molar-refractivity contribution in [3.05, 3.63) is 58.9 Å². The summed E-state index contributed by atoms with van der Waals surface area (Å²) in [4.78, 5) is 31.6. The van der Waals surface area contributed by atoms with Gasteiger partial charge in [0.05, 0.1) is 11.1 Å². The highest BCUT2D eigenvalue weighted by atomic mass is 16.2. The molecule has 1 aromatic carbocycles. The van der Waals surface area contributed by atoms with Crippen molar-refractivity contribution in [3.63, 3.8) is 0 Å². The number of benzene rings is 1. The second kappa shape index (κ2) is 8.80. The molecule has 27 heavy (non-hydrogen) atoms. The van der Waals surface area contributed by atoms with E-state index >= 15 is 0 Å². The van der Waals surface area contributed by atoms with Crippen LogP contribution in [0.3, 0.4) is 0 Å². The molecule has 142 valence electrons. The molecule has 0 unspecified atom stereocenters. The van der Waals surface area contributed by atoms with Crippen molar-refractivity contribution < 1.29 is 9.59 Å². The lowest BCUT2D eigenvalue weighted by molar-refractivity contribution is 0.0761. The standard InChI is InChI=1S/C22H27N3O2/c1-3-17-10-8-9-16(2)20(17)24-21(26)18-13-19(15-23-14-18)22(27)25-11-6-4-5-7-12-25/h8-10,13-15H,3-7,11-12H2,1-2H3,(H,24,26). The van der Waals surface area contributed by atoms with Crippen LogP contribution < -0.4 is 5.32 Å². The van der Waals surface area contributed by atoms with Crippen LogP contribution in [0.5, 0.6) is 0 Å². The van der Waals surface area contributed by atoms with Crippen molar-refractivity contribution in [2.75, 3.05) is 18.4 Å². The number of nitrogens with one attached hydrogen (secondary N) is 1. The van der Waals surface area contributed by atoms with E-state index in [1.54, 1.807) is 12.3 Å². The number of nitrogens with zero attached hydrogens (tertiary/aromatic N) is 2. The normalized spacial score (nSPS) is 14.5. The highest BCUT2D eigenvalue weighted by molar-refractivity contribution is 6.06. The number of carbonyl (C=O) groups excluding carboxylic acids is 2. The molecule has 2 heterocycles. The van der Waals surface area contributed by atoms with Crippen LogP contribution in [0.2, 0.25) is 0 Å². The molecule has 1 aliphatic heterocycles. The van der Waals surface area contributed by atoms with Gasteiger partial charge in [0.1, 0.15) is 0 Å². The van der Waals surface area contributed by atoms with E-state index in [1.807, 2.05) is 30.0 Å². The van der Waals surface area contributed by atoms with Crippen LogP contribution in [-0.4, -0.2) is 34.8 Å². The van der Waals surface area contributed by atoms with Crippen molar-refractivity contribution in [1.82, 2.24) is 9.88 Å². The highest BCUT2D eigenvalue weighted by Gasteiger charge is 2.19. The molecule has 5 nitrogen and oxygen atoms in total. The molecule has 1 saturated heterocycles. The van der Waals surface area contributed by atoms with Crippen LogP contribution in [0.1, 0.15) is 64.4 Å². The van der Waals surface area contributed by atoms with E-state index in [0.717, 1.165) is 49.2 Å². The minimum Gasteiger partial charge on any atom is -0.339 e. The molecular weight excluding hydrogens is 338 g/mol. The highest BCUT2D eigenvalue weighted by Crippen LogP contribution is 2.22. The van der Waals surface area contributed by atoms with E-state index in [-0.39, 0.29) is 11.8 Å². The first-order chi connectivity index (χ1) is 13.1. The summed E-state index contributed by atoms with van der Waals surface area (Å²) in [6, 6.07) is 7.64. The van der Waals surface area contributed by atoms with Gasteiger partial charge in [0.25, 0.3) is 11.8 Å². The Balaban J connectivity index is 1.79. The van der Waals surface area contributed by atoms with Crippen LogP contribution in [0, 0.1) is 6.92 Å². The molecule has 1 aromatic heterocycles. The number of amides is 2. The summed E-state index contributed by atoms with van der Waals surface area (Å²) in [5.41, 5.74) is 3.83. The van der Waals surface area contributed by atoms with E-state index in [2.05, 4.69) is 17.2 Å². The molecule has 0 radical (unpaired) electrons. The first-order valence-corrected chi connectivity index (χ1v) is 9.74. The number of hydrogen-bond donors (Lipinski definition) is 1. The molecule has 0 bridgehead atoms. The Morgan fingerprint density at radius 1 is 1.07 bits per heavy atom. The van der Waals surface area contributed by atoms with E-state index in [0.29, 0.717) is 11.1 Å². The zero-order valence-electron chi connectivity index (χ0n) is 16.1. The van der Waals surface area contributed by atoms with E-state index in [4.69, 9.17) is 0 Å². The summed E-state index contributed by atoms with van der Waals surface area (Å²) in [5.74, 6) is -0.277. The fourth-order valence-electron chi connectivity index (χ4n) is 3.53. The average Bonchev–Trinajstić information content (AvgIpc) is 2.98. The fourth-order valence-corrected chi connectivity index (χ4v) is 3.53. The summed E-state index contributed by atoms with van der Waals surface area (Å²) < 4.78 is 0. The van der Waals surface area contributed by atoms with Crippen molar-refractivity contribution in [1.29, 1.82) is 0 Å². The van der Waals surface area contributed by atoms with Crippen LogP contribution in [0.25, 0.3) is 0 Å². The van der Waals surface area contributed by atoms with E-state index in [1.165, 1.54) is 19.0 Å². The zero-order chi connectivity index (χ0) is 19.2. The lowest BCUT2D eigenvalue weighted by Crippen LogP contribution is -2.32. The molecular formula is C22H27N3O2. The number of aromatic nitrogens is 1. The maximum Gasteiger partial charge on any atom is 0.257 e. The van der Waals surface area contributed by atoms with E-state index in [9.17, 15) is 9.59 Å². The maximum atomic E-state index is 12.8. The molecule has 5 heteroatoms. The third-order valence-electron chi connectivity index (χ3n) is 5.12. The van der Waals surface area contributed by atoms with Gasteiger partial charge in [0.15, 0.2) is 0 Å². The van der Waals surface area contributed by atoms with Gasteiger partial charge in [0, 0.05) is 31.2 Å². The van der Waals surface area contributed by atoms with Gasteiger partial charge >= 0.3 is 0 Å². The van der Waals surface area contributed by atoms with Crippen LogP contribution in [0.4, 0.5) is 5.69 Å². The number of likely N-dealkylation sites (tertiary alicyclic amines) is 1. The van der Waals surface area contributed by atoms with Gasteiger partial charge < -0.3 is 10.2 Å². The van der Waals surface area contributed by atoms with Crippen LogP contribution in [-0.2, 0) is 6.42 Å². The number of para-hydroxylation sites is 1. The number of carbonyl (C=O) groups is 2. The Labute approximate surface area is 160 Å². The van der Waals surface area contributed by atoms with Crippen molar-refractivity contribution in [2.45, 2.75) is 46.0 Å². The topological polar surface area (TPSA) is 62.3 Å². The quantitative estimate of drug-likeness (QED) is 0.882. The second-order valence-electron chi connectivity index (χ2n) is 7.09. The number of rotatable bonds is 4. The molecule has 1 N–H and O–H groups in total. The van der Waals surface area contributed by atoms with Crippen molar-refractivity contribution in [3.8, 4) is 0 Å². The summed E-state index contributed by atoms with van der Waals surface area (Å²) in [6.07, 6.45) is 8.30. The summed E-state index contributed by atoms with van der Waals surface area (Å²) >= 11 is 0. The minimum absolute atomic E-state index is 0.0378. The largest absolute Gasteiger partial charge is 0.339 e. The van der Waals surface area contributed by atoms with Crippen LogP contribution >= 0.6 is 0 Å². The second-order valence-corrected chi connectivity index (χ2v) is 7.09. The lowest BCUT2D eigenvalue weighted by Gasteiger charge is -2.20. The smallest absolute Gasteiger partial charge is 0.257 e. The van der Waals surface area contributed by atoms with Gasteiger partial charge in [-0.1, -0.05) is 38.0 Å². The number of aryl methyl sites for hydroxylation is 2. The monoisotopic (exact) mass is 365 g/mol. The molecule has 0 aliphatic carbocycles. The number of hydrogen-bond acceptors (Lipinski definition) is 3. The molecule has 0 spiro atoms. The minimum atomic E-state index is -0.239. The Kier molecular flexibility index (Phi) is 6.22. The average molecular weight is 365 g/mol. The SMILES string of the molecule is CCc1cccc(C)c1NC(=O)c1cncc(C(=O)N2CCCCCC2)c1. The molecule has 2 aromatic rings. The summed E-state index contributed by atoms with van der Waals surface area (Å²) in [5, 5.41) is 3.00. The summed E-state index contributed by atoms with van der Waals surface area (Å²) in [7, 11) is 0. The van der Waals surface area contributed by atoms with Gasteiger partial charge in [-0.2, -0.15) is 0 Å². The molecule has 1 aliphatic rings. The Morgan fingerprint density at radius 3 is 2.48 bits per heavy atom. The number of anilines is 1. The molecule has 0 saturated carbocycles. The van der Waals surface area contributed by atoms with Gasteiger partial charge in [-0.25, -0.2) is 0 Å². The van der Waals surface area contributed by atoms with Gasteiger partial charge in [0.2, 0.25) is 0 Å². The zero-order valence-corrected chi connectivity index (χ0v) is 16.1. The predicted octanol–water partition coefficient (Wildman–Crippen LogP) is 4.22. The fraction of sp³-hybridized carbons (Fsp3) is 0.409. The van der Waals surface area contributed by atoms with Gasteiger partial charge in [-0.05, 0) is 43.4 Å². The first-order valence-electron chi connectivity index (χ1n) is 9.74. The Morgan fingerprint density at radius 2 is 1.78 bits per heavy atom. The molecule has 0 atom stereocenters. The van der Waals surface area contributed by atoms with Crippen molar-refractivity contribution in [2.24, 2.45) is 0 Å².